The molecule has 0 fully saturated rings. The highest BCUT2D eigenvalue weighted by Crippen LogP contribution is 2.21. The highest BCUT2D eigenvalue weighted by molar-refractivity contribution is 7.74. The van der Waals surface area contributed by atoms with E-state index in [0.717, 1.165) is 7.56 Å². The molecular weight excluding hydrogens is 215 g/mol. The van der Waals surface area contributed by atoms with E-state index >= 15 is 0 Å². The molecule has 1 rings (SSSR count). The van der Waals surface area contributed by atoms with Gasteiger partial charge in [-0.3, -0.25) is 0 Å². The fourth-order valence-electron chi connectivity index (χ4n) is 1.20. The molecule has 0 aliphatic rings. The fraction of sp³-hybridized carbons (Fsp3) is 0.300. The largest absolute Gasteiger partial charge is 0.0854 e. The lowest BCUT2D eigenvalue weighted by atomic mass is 10.2. The lowest BCUT2D eigenvalue weighted by Crippen LogP contribution is -2.32. The van der Waals surface area contributed by atoms with Crippen molar-refractivity contribution in [2.45, 2.75) is 19.6 Å². The van der Waals surface area contributed by atoms with Crippen LogP contribution in [0.25, 0.3) is 0 Å². The zero-order chi connectivity index (χ0) is 9.90. The van der Waals surface area contributed by atoms with Crippen molar-refractivity contribution in [3.8, 4) is 0 Å². The summed E-state index contributed by atoms with van der Waals surface area (Å²) >= 11 is 5.96. The summed E-state index contributed by atoms with van der Waals surface area (Å²) in [4.78, 5) is 1.41. The summed E-state index contributed by atoms with van der Waals surface area (Å²) in [6, 6.07) is 10.5. The molecule has 13 heavy (non-hydrogen) atoms. The van der Waals surface area contributed by atoms with Crippen molar-refractivity contribution >= 4 is 31.8 Å². The minimum atomic E-state index is -1.26. The Balaban J connectivity index is 3.08. The van der Waals surface area contributed by atoms with Crippen molar-refractivity contribution in [3.05, 3.63) is 35.9 Å². The van der Waals surface area contributed by atoms with E-state index in [4.69, 9.17) is 11.2 Å². The highest BCUT2D eigenvalue weighted by Gasteiger charge is 2.21. The highest BCUT2D eigenvalue weighted by atomic mass is 35.7. The van der Waals surface area contributed by atoms with Gasteiger partial charge in [0.05, 0.1) is 8.07 Å². The van der Waals surface area contributed by atoms with Crippen LogP contribution in [0.5, 0.6) is 0 Å². The third-order valence-electron chi connectivity index (χ3n) is 1.84. The van der Waals surface area contributed by atoms with Gasteiger partial charge in [-0.15, -0.1) is 0 Å². The van der Waals surface area contributed by atoms with E-state index < -0.39 is 8.07 Å². The first kappa shape index (κ1) is 11.0. The maximum absolute atomic E-state index is 5.96. The minimum Gasteiger partial charge on any atom is -0.0652 e. The first-order valence-electron chi connectivity index (χ1n) is 4.30. The fourth-order valence-corrected chi connectivity index (χ4v) is 6.07. The van der Waals surface area contributed by atoms with Crippen molar-refractivity contribution in [2.24, 2.45) is 0 Å². The SMILES string of the molecule is C[Si](C)(C)C(=PCl)c1ccccc1. The summed E-state index contributed by atoms with van der Waals surface area (Å²) in [6.07, 6.45) is 0. The van der Waals surface area contributed by atoms with Crippen LogP contribution in [0.4, 0.5) is 0 Å². The second-order valence-corrected chi connectivity index (χ2v) is 10.6. The number of hydrogen-bond acceptors (Lipinski definition) is 0. The average molecular weight is 229 g/mol. The number of hydrogen-bond donors (Lipinski definition) is 0. The van der Waals surface area contributed by atoms with Crippen LogP contribution >= 0.6 is 18.8 Å². The predicted octanol–water partition coefficient (Wildman–Crippen LogP) is 4.18. The van der Waals surface area contributed by atoms with Gasteiger partial charge in [-0.05, 0) is 10.5 Å². The van der Waals surface area contributed by atoms with Gasteiger partial charge in [0.15, 0.2) is 0 Å². The van der Waals surface area contributed by atoms with Crippen LogP contribution < -0.4 is 0 Å². The van der Waals surface area contributed by atoms with E-state index in [1.807, 2.05) is 6.07 Å². The zero-order valence-corrected chi connectivity index (χ0v) is 10.9. The molecule has 0 spiro atoms. The van der Waals surface area contributed by atoms with Crippen molar-refractivity contribution < 1.29 is 0 Å². The molecular formula is C10H14ClPSi. The Labute approximate surface area is 87.5 Å². The van der Waals surface area contributed by atoms with E-state index in [0.29, 0.717) is 0 Å². The number of halogens is 1. The van der Waals surface area contributed by atoms with Gasteiger partial charge in [0.1, 0.15) is 0 Å². The maximum atomic E-state index is 5.96. The molecule has 0 saturated carbocycles. The van der Waals surface area contributed by atoms with Gasteiger partial charge in [-0.25, -0.2) is 0 Å². The summed E-state index contributed by atoms with van der Waals surface area (Å²) in [5.74, 6) is 0. The van der Waals surface area contributed by atoms with Crippen LogP contribution in [0.3, 0.4) is 0 Å². The van der Waals surface area contributed by atoms with Crippen molar-refractivity contribution in [1.29, 1.82) is 0 Å². The Morgan fingerprint density at radius 3 is 2.08 bits per heavy atom. The van der Waals surface area contributed by atoms with Crippen LogP contribution in [-0.2, 0) is 0 Å². The molecule has 0 N–H and O–H groups in total. The first-order chi connectivity index (χ1) is 6.05. The van der Waals surface area contributed by atoms with Crippen molar-refractivity contribution in [2.75, 3.05) is 0 Å². The van der Waals surface area contributed by atoms with Gasteiger partial charge in [0.2, 0.25) is 0 Å². The van der Waals surface area contributed by atoms with E-state index in [1.54, 1.807) is 0 Å². The van der Waals surface area contributed by atoms with Gasteiger partial charge in [0, 0.05) is 7.56 Å². The molecule has 0 nitrogen and oxygen atoms in total. The molecule has 0 unspecified atom stereocenters. The van der Waals surface area contributed by atoms with E-state index in [9.17, 15) is 0 Å². The van der Waals surface area contributed by atoms with Crippen LogP contribution in [0.2, 0.25) is 19.6 Å². The Morgan fingerprint density at radius 2 is 1.69 bits per heavy atom. The van der Waals surface area contributed by atoms with Gasteiger partial charge >= 0.3 is 0 Å². The topological polar surface area (TPSA) is 0 Å². The Kier molecular flexibility index (Phi) is 3.72. The smallest absolute Gasteiger partial charge is 0.0652 e. The van der Waals surface area contributed by atoms with Crippen LogP contribution in [0.1, 0.15) is 5.56 Å². The molecule has 70 valence electrons. The average Bonchev–Trinajstić information content (AvgIpc) is 2.05. The van der Waals surface area contributed by atoms with E-state index in [1.165, 1.54) is 10.5 Å². The monoisotopic (exact) mass is 228 g/mol. The molecule has 0 aliphatic carbocycles. The molecule has 1 aromatic carbocycles. The van der Waals surface area contributed by atoms with Crippen LogP contribution in [-0.4, -0.2) is 13.0 Å². The lowest BCUT2D eigenvalue weighted by molar-refractivity contribution is 1.67. The zero-order valence-electron chi connectivity index (χ0n) is 8.21. The second-order valence-electron chi connectivity index (χ2n) is 4.05. The normalized spacial score (nSPS) is 13.1. The van der Waals surface area contributed by atoms with E-state index in [2.05, 4.69) is 43.9 Å². The maximum Gasteiger partial charge on any atom is 0.0854 e. The quantitative estimate of drug-likeness (QED) is 0.526. The molecule has 3 heteroatoms. The Hall–Kier alpha value is -0.103. The molecule has 0 saturated heterocycles. The van der Waals surface area contributed by atoms with Crippen molar-refractivity contribution in [1.82, 2.24) is 0 Å². The third-order valence-corrected chi connectivity index (χ3v) is 7.26. The van der Waals surface area contributed by atoms with Gasteiger partial charge in [-0.1, -0.05) is 61.2 Å². The summed E-state index contributed by atoms with van der Waals surface area (Å²) in [5, 5.41) is 0. The summed E-state index contributed by atoms with van der Waals surface area (Å²) in [6.45, 7) is 6.97. The number of rotatable bonds is 2. The second kappa shape index (κ2) is 4.41. The minimum absolute atomic E-state index is 0.904. The van der Waals surface area contributed by atoms with E-state index in [-0.39, 0.29) is 0 Å². The molecule has 0 amide bonds. The molecule has 1 aromatic rings. The molecule has 0 aliphatic heterocycles. The standard InChI is InChI=1S/C10H14ClPSi/c1-13(2,3)10(12-11)9-7-5-4-6-8-9/h4-8H,1-3H3. The lowest BCUT2D eigenvalue weighted by Gasteiger charge is -2.19. The third kappa shape index (κ3) is 2.94. The van der Waals surface area contributed by atoms with Crippen LogP contribution in [0.15, 0.2) is 30.3 Å². The van der Waals surface area contributed by atoms with Crippen molar-refractivity contribution in [3.63, 3.8) is 0 Å². The molecule has 0 radical (unpaired) electrons. The summed E-state index contributed by atoms with van der Waals surface area (Å²) in [7, 11) is -0.351. The Morgan fingerprint density at radius 1 is 1.15 bits per heavy atom. The summed E-state index contributed by atoms with van der Waals surface area (Å²) < 4.78 is 0. The summed E-state index contributed by atoms with van der Waals surface area (Å²) in [5.41, 5.74) is 1.30. The van der Waals surface area contributed by atoms with Gasteiger partial charge in [-0.2, -0.15) is 0 Å². The van der Waals surface area contributed by atoms with Gasteiger partial charge in [0.25, 0.3) is 0 Å². The van der Waals surface area contributed by atoms with Crippen LogP contribution in [0, 0.1) is 0 Å². The Bertz CT molecular complexity index is 300. The molecule has 0 aromatic heterocycles. The predicted molar refractivity (Wildman–Crippen MR) is 66.7 cm³/mol. The molecule has 0 bridgehead atoms. The van der Waals surface area contributed by atoms with Gasteiger partial charge < -0.3 is 0 Å². The number of benzene rings is 1. The molecule has 0 heterocycles. The molecule has 0 atom stereocenters. The first-order valence-corrected chi connectivity index (χ1v) is 9.60.